The normalized spacial score (nSPS) is 12.3. The van der Waals surface area contributed by atoms with E-state index in [0.717, 1.165) is 6.07 Å². The summed E-state index contributed by atoms with van der Waals surface area (Å²) < 4.78 is 53.4. The number of hydrogen-bond acceptors (Lipinski definition) is 1. The van der Waals surface area contributed by atoms with Gasteiger partial charge in [-0.25, -0.2) is 17.6 Å². The number of rotatable bonds is 3. The molecule has 0 radical (unpaired) electrons. The molecule has 0 fully saturated rings. The summed E-state index contributed by atoms with van der Waals surface area (Å²) in [6.07, 6.45) is 0. The Morgan fingerprint density at radius 3 is 2.00 bits per heavy atom. The van der Waals surface area contributed by atoms with Crippen LogP contribution in [0.3, 0.4) is 0 Å². The van der Waals surface area contributed by atoms with Gasteiger partial charge in [-0.1, -0.05) is 23.2 Å². The smallest absolute Gasteiger partial charge is 0.152 e. The summed E-state index contributed by atoms with van der Waals surface area (Å²) in [7, 11) is 0. The van der Waals surface area contributed by atoms with E-state index >= 15 is 0 Å². The van der Waals surface area contributed by atoms with Gasteiger partial charge in [0.25, 0.3) is 0 Å². The van der Waals surface area contributed by atoms with E-state index in [9.17, 15) is 17.6 Å². The van der Waals surface area contributed by atoms with Crippen molar-refractivity contribution in [1.29, 1.82) is 0 Å². The van der Waals surface area contributed by atoms with Crippen molar-refractivity contribution in [3.05, 3.63) is 63.1 Å². The van der Waals surface area contributed by atoms with Crippen molar-refractivity contribution in [2.24, 2.45) is 0 Å². The first kappa shape index (κ1) is 15.9. The predicted octanol–water partition coefficient (Wildman–Crippen LogP) is 5.72. The van der Waals surface area contributed by atoms with Crippen molar-refractivity contribution >= 4 is 28.9 Å². The summed E-state index contributed by atoms with van der Waals surface area (Å²) in [5.41, 5.74) is -0.253. The zero-order valence-corrected chi connectivity index (χ0v) is 12.2. The minimum absolute atomic E-state index is 0.143. The van der Waals surface area contributed by atoms with Crippen LogP contribution in [0, 0.1) is 23.3 Å². The Kier molecular flexibility index (Phi) is 4.64. The van der Waals surface area contributed by atoms with Gasteiger partial charge in [0, 0.05) is 17.2 Å². The van der Waals surface area contributed by atoms with E-state index in [0.29, 0.717) is 12.1 Å². The highest BCUT2D eigenvalue weighted by atomic mass is 35.5. The Bertz CT molecular complexity index is 668. The fourth-order valence-electron chi connectivity index (χ4n) is 1.84. The van der Waals surface area contributed by atoms with Crippen LogP contribution in [-0.4, -0.2) is 0 Å². The fourth-order valence-corrected chi connectivity index (χ4v) is 2.39. The summed E-state index contributed by atoms with van der Waals surface area (Å²) in [4.78, 5) is 0. The molecule has 1 N–H and O–H groups in total. The molecule has 0 saturated carbocycles. The van der Waals surface area contributed by atoms with Crippen molar-refractivity contribution in [2.75, 3.05) is 5.32 Å². The Morgan fingerprint density at radius 2 is 1.43 bits per heavy atom. The maximum Gasteiger partial charge on any atom is 0.152 e. The second-order valence-corrected chi connectivity index (χ2v) is 5.21. The predicted molar refractivity (Wildman–Crippen MR) is 74.8 cm³/mol. The molecule has 1 nitrogen and oxygen atoms in total. The number of nitrogens with one attached hydrogen (secondary N) is 1. The molecule has 0 aliphatic rings. The van der Waals surface area contributed by atoms with Gasteiger partial charge in [-0.15, -0.1) is 0 Å². The summed E-state index contributed by atoms with van der Waals surface area (Å²) in [6, 6.07) is 2.63. The lowest BCUT2D eigenvalue weighted by Crippen LogP contribution is -2.11. The molecule has 0 aromatic heterocycles. The van der Waals surface area contributed by atoms with E-state index in [1.165, 1.54) is 13.0 Å². The van der Waals surface area contributed by atoms with Crippen molar-refractivity contribution in [2.45, 2.75) is 13.0 Å². The van der Waals surface area contributed by atoms with Crippen LogP contribution in [0.2, 0.25) is 10.0 Å². The topological polar surface area (TPSA) is 12.0 Å². The molecule has 0 spiro atoms. The lowest BCUT2D eigenvalue weighted by Gasteiger charge is -2.18. The Morgan fingerprint density at radius 1 is 0.857 bits per heavy atom. The van der Waals surface area contributed by atoms with E-state index in [-0.39, 0.29) is 15.6 Å². The van der Waals surface area contributed by atoms with Gasteiger partial charge in [0.05, 0.1) is 11.1 Å². The highest BCUT2D eigenvalue weighted by Gasteiger charge is 2.18. The molecule has 1 unspecified atom stereocenters. The van der Waals surface area contributed by atoms with Crippen LogP contribution in [0.4, 0.5) is 23.2 Å². The minimum Gasteiger partial charge on any atom is -0.374 e. The van der Waals surface area contributed by atoms with Crippen LogP contribution in [-0.2, 0) is 0 Å². The SMILES string of the molecule is CC(Nc1c(F)cc(F)cc1F)c1cc(F)c(Cl)cc1Cl. The van der Waals surface area contributed by atoms with Crippen LogP contribution >= 0.6 is 23.2 Å². The van der Waals surface area contributed by atoms with Gasteiger partial charge in [-0.05, 0) is 24.6 Å². The average Bonchev–Trinajstić information content (AvgIpc) is 2.37. The van der Waals surface area contributed by atoms with E-state index in [1.807, 2.05) is 0 Å². The van der Waals surface area contributed by atoms with E-state index in [1.54, 1.807) is 0 Å². The average molecular weight is 338 g/mol. The lowest BCUT2D eigenvalue weighted by molar-refractivity contribution is 0.545. The van der Waals surface area contributed by atoms with Crippen molar-refractivity contribution in [3.63, 3.8) is 0 Å². The second kappa shape index (κ2) is 6.12. The molecule has 0 saturated heterocycles. The number of anilines is 1. The molecule has 0 bridgehead atoms. The molecular formula is C14H9Cl2F4N. The van der Waals surface area contributed by atoms with Gasteiger partial charge in [0.1, 0.15) is 17.3 Å². The summed E-state index contributed by atoms with van der Waals surface area (Å²) in [5.74, 6) is -3.92. The Balaban J connectivity index is 2.35. The van der Waals surface area contributed by atoms with Crippen LogP contribution in [0.15, 0.2) is 24.3 Å². The largest absolute Gasteiger partial charge is 0.374 e. The molecule has 21 heavy (non-hydrogen) atoms. The zero-order valence-electron chi connectivity index (χ0n) is 10.7. The van der Waals surface area contributed by atoms with Crippen molar-refractivity contribution < 1.29 is 17.6 Å². The summed E-state index contributed by atoms with van der Waals surface area (Å²) in [5, 5.41) is 2.48. The van der Waals surface area contributed by atoms with Gasteiger partial charge in [0.2, 0.25) is 0 Å². The monoisotopic (exact) mass is 337 g/mol. The standard InChI is InChI=1S/C14H9Cl2F4N/c1-6(8-4-11(18)10(16)5-9(8)15)21-14-12(19)2-7(17)3-13(14)20/h2-6,21H,1H3. The third-order valence-electron chi connectivity index (χ3n) is 2.87. The molecule has 2 rings (SSSR count). The second-order valence-electron chi connectivity index (χ2n) is 4.40. The molecule has 7 heteroatoms. The summed E-state index contributed by atoms with van der Waals surface area (Å²) in [6.45, 7) is 1.52. The van der Waals surface area contributed by atoms with Gasteiger partial charge in [0.15, 0.2) is 11.6 Å². The van der Waals surface area contributed by atoms with Gasteiger partial charge < -0.3 is 5.32 Å². The van der Waals surface area contributed by atoms with E-state index in [4.69, 9.17) is 23.2 Å². The third kappa shape index (κ3) is 3.41. The van der Waals surface area contributed by atoms with Gasteiger partial charge in [-0.3, -0.25) is 0 Å². The van der Waals surface area contributed by atoms with Crippen molar-refractivity contribution in [1.82, 2.24) is 0 Å². The number of hydrogen-bond donors (Lipinski definition) is 1. The first-order valence-electron chi connectivity index (χ1n) is 5.85. The zero-order chi connectivity index (χ0) is 15.7. The number of halogens is 6. The Hall–Kier alpha value is -1.46. The molecule has 0 aliphatic heterocycles. The quantitative estimate of drug-likeness (QED) is 0.557. The third-order valence-corrected chi connectivity index (χ3v) is 3.49. The van der Waals surface area contributed by atoms with Crippen LogP contribution in [0.25, 0.3) is 0 Å². The fraction of sp³-hybridized carbons (Fsp3) is 0.143. The Labute approximate surface area is 128 Å². The van der Waals surface area contributed by atoms with Crippen LogP contribution in [0.5, 0.6) is 0 Å². The lowest BCUT2D eigenvalue weighted by atomic mass is 10.1. The molecule has 0 aliphatic carbocycles. The molecule has 112 valence electrons. The van der Waals surface area contributed by atoms with Crippen LogP contribution < -0.4 is 5.32 Å². The van der Waals surface area contributed by atoms with E-state index < -0.39 is 35.0 Å². The minimum atomic E-state index is -1.09. The summed E-state index contributed by atoms with van der Waals surface area (Å²) >= 11 is 11.5. The molecular weight excluding hydrogens is 329 g/mol. The highest BCUT2D eigenvalue weighted by Crippen LogP contribution is 2.32. The van der Waals surface area contributed by atoms with Gasteiger partial charge in [-0.2, -0.15) is 0 Å². The molecule has 1 atom stereocenters. The maximum atomic E-state index is 13.6. The molecule has 2 aromatic carbocycles. The highest BCUT2D eigenvalue weighted by molar-refractivity contribution is 6.35. The van der Waals surface area contributed by atoms with E-state index in [2.05, 4.69) is 5.32 Å². The maximum absolute atomic E-state index is 13.6. The molecule has 2 aromatic rings. The van der Waals surface area contributed by atoms with Crippen LogP contribution in [0.1, 0.15) is 18.5 Å². The molecule has 0 heterocycles. The van der Waals surface area contributed by atoms with Crippen molar-refractivity contribution in [3.8, 4) is 0 Å². The first-order chi connectivity index (χ1) is 9.79. The first-order valence-corrected chi connectivity index (χ1v) is 6.60. The number of benzene rings is 2. The molecule has 0 amide bonds. The van der Waals surface area contributed by atoms with Gasteiger partial charge >= 0.3 is 0 Å².